The topological polar surface area (TPSA) is 38.3 Å². The number of nitrogens with one attached hydrogen (secondary N) is 1. The highest BCUT2D eigenvalue weighted by Gasteiger charge is 2.30. The van der Waals surface area contributed by atoms with Crippen LogP contribution in [-0.2, 0) is 9.53 Å². The first kappa shape index (κ1) is 8.27. The van der Waals surface area contributed by atoms with Crippen molar-refractivity contribution in [3.8, 4) is 0 Å². The van der Waals surface area contributed by atoms with Gasteiger partial charge in [-0.05, 0) is 6.92 Å². The van der Waals surface area contributed by atoms with Crippen molar-refractivity contribution >= 4 is 5.97 Å². The van der Waals surface area contributed by atoms with Crippen LogP contribution in [0.5, 0.6) is 0 Å². The van der Waals surface area contributed by atoms with E-state index in [0.717, 1.165) is 6.42 Å². The maximum atomic E-state index is 11.0. The van der Waals surface area contributed by atoms with Gasteiger partial charge in [-0.25, -0.2) is 0 Å². The van der Waals surface area contributed by atoms with E-state index in [9.17, 15) is 4.79 Å². The minimum Gasteiger partial charge on any atom is -0.461 e. The molecule has 2 atom stereocenters. The van der Waals surface area contributed by atoms with Gasteiger partial charge in [-0.15, -0.1) is 6.58 Å². The van der Waals surface area contributed by atoms with Crippen LogP contribution >= 0.6 is 0 Å². The van der Waals surface area contributed by atoms with E-state index in [2.05, 4.69) is 11.9 Å². The molecule has 3 heteroatoms. The molecule has 0 aliphatic carbocycles. The highest BCUT2D eigenvalue weighted by molar-refractivity contribution is 5.77. The van der Waals surface area contributed by atoms with Gasteiger partial charge in [-0.2, -0.15) is 0 Å². The Morgan fingerprint density at radius 1 is 1.91 bits per heavy atom. The van der Waals surface area contributed by atoms with Gasteiger partial charge in [0.2, 0.25) is 0 Å². The maximum Gasteiger partial charge on any atom is 0.323 e. The second-order valence-corrected chi connectivity index (χ2v) is 2.73. The van der Waals surface area contributed by atoms with Crippen molar-refractivity contribution in [1.29, 1.82) is 0 Å². The molecule has 0 aromatic heterocycles. The van der Waals surface area contributed by atoms with Gasteiger partial charge in [0.1, 0.15) is 12.1 Å². The van der Waals surface area contributed by atoms with Crippen LogP contribution in [0, 0.1) is 0 Å². The van der Waals surface area contributed by atoms with E-state index in [-0.39, 0.29) is 18.1 Å². The second-order valence-electron chi connectivity index (χ2n) is 2.73. The van der Waals surface area contributed by atoms with E-state index in [1.165, 1.54) is 0 Å². The average Bonchev–Trinajstić information content (AvgIpc) is 2.26. The van der Waals surface area contributed by atoms with Crippen molar-refractivity contribution in [2.75, 3.05) is 6.54 Å². The summed E-state index contributed by atoms with van der Waals surface area (Å²) in [7, 11) is 0. The fraction of sp³-hybridized carbons (Fsp3) is 0.625. The Hall–Kier alpha value is -0.830. The lowest BCUT2D eigenvalue weighted by atomic mass is 10.2. The van der Waals surface area contributed by atoms with Gasteiger partial charge in [0, 0.05) is 13.0 Å². The predicted molar refractivity (Wildman–Crippen MR) is 42.2 cm³/mol. The molecule has 1 N–H and O–H groups in total. The number of carbonyl (C=O) groups is 1. The van der Waals surface area contributed by atoms with Crippen molar-refractivity contribution in [1.82, 2.24) is 5.32 Å². The van der Waals surface area contributed by atoms with Crippen LogP contribution in [-0.4, -0.2) is 24.7 Å². The summed E-state index contributed by atoms with van der Waals surface area (Å²) >= 11 is 0. The van der Waals surface area contributed by atoms with Crippen molar-refractivity contribution in [2.45, 2.75) is 25.5 Å². The highest BCUT2D eigenvalue weighted by atomic mass is 16.6. The zero-order valence-electron chi connectivity index (χ0n) is 6.67. The van der Waals surface area contributed by atoms with Gasteiger partial charge in [-0.1, -0.05) is 6.08 Å². The fourth-order valence-corrected chi connectivity index (χ4v) is 1.15. The zero-order valence-corrected chi connectivity index (χ0v) is 6.67. The van der Waals surface area contributed by atoms with Crippen LogP contribution in [0.3, 0.4) is 0 Å². The minimum atomic E-state index is -0.139. The molecule has 62 valence electrons. The lowest BCUT2D eigenvalue weighted by molar-refractivity contribution is -0.142. The molecule has 2 unspecified atom stereocenters. The Labute approximate surface area is 66.4 Å². The summed E-state index contributed by atoms with van der Waals surface area (Å²) in [5.41, 5.74) is 0. The number of carbonyl (C=O) groups excluding carboxylic acids is 1. The standard InChI is InChI=1S/C8H13NO2/c1-3-4-9-7-5-6(2)11-8(7)10/h3,6-7,9H,1,4-5H2,2H3. The number of ether oxygens (including phenoxy) is 1. The Balaban J connectivity index is 2.34. The van der Waals surface area contributed by atoms with E-state index >= 15 is 0 Å². The number of rotatable bonds is 3. The zero-order chi connectivity index (χ0) is 8.27. The molecule has 0 saturated carbocycles. The van der Waals surface area contributed by atoms with E-state index in [1.54, 1.807) is 6.08 Å². The summed E-state index contributed by atoms with van der Waals surface area (Å²) in [6.07, 6.45) is 2.56. The number of hydrogen-bond acceptors (Lipinski definition) is 3. The first-order valence-corrected chi connectivity index (χ1v) is 3.79. The lowest BCUT2D eigenvalue weighted by Crippen LogP contribution is -2.32. The summed E-state index contributed by atoms with van der Waals surface area (Å²) in [5, 5.41) is 3.02. The molecule has 3 nitrogen and oxygen atoms in total. The quantitative estimate of drug-likeness (QED) is 0.475. The number of hydrogen-bond donors (Lipinski definition) is 1. The first-order chi connectivity index (χ1) is 5.24. The molecular formula is C8H13NO2. The Kier molecular flexibility index (Phi) is 2.65. The third kappa shape index (κ3) is 2.05. The summed E-state index contributed by atoms with van der Waals surface area (Å²) in [6.45, 7) is 6.11. The van der Waals surface area contributed by atoms with E-state index in [1.807, 2.05) is 6.92 Å². The normalized spacial score (nSPS) is 30.1. The molecule has 1 rings (SSSR count). The van der Waals surface area contributed by atoms with Gasteiger partial charge in [0.15, 0.2) is 0 Å². The van der Waals surface area contributed by atoms with Crippen LogP contribution in [0.2, 0.25) is 0 Å². The Morgan fingerprint density at radius 2 is 2.64 bits per heavy atom. The molecule has 1 fully saturated rings. The molecule has 1 aliphatic heterocycles. The molecule has 0 bridgehead atoms. The average molecular weight is 155 g/mol. The van der Waals surface area contributed by atoms with Crippen LogP contribution in [0.15, 0.2) is 12.7 Å². The Bertz CT molecular complexity index is 167. The number of cyclic esters (lactones) is 1. The summed E-state index contributed by atoms with van der Waals surface area (Å²) in [4.78, 5) is 11.0. The van der Waals surface area contributed by atoms with Gasteiger partial charge in [-0.3, -0.25) is 4.79 Å². The van der Waals surface area contributed by atoms with Crippen LogP contribution in [0.4, 0.5) is 0 Å². The summed E-state index contributed by atoms with van der Waals surface area (Å²) in [5.74, 6) is -0.139. The minimum absolute atomic E-state index is 0.0600. The predicted octanol–water partition coefficient (Wildman–Crippen LogP) is 0.466. The van der Waals surface area contributed by atoms with Gasteiger partial charge in [0.25, 0.3) is 0 Å². The van der Waals surface area contributed by atoms with Crippen molar-refractivity contribution in [3.63, 3.8) is 0 Å². The van der Waals surface area contributed by atoms with Gasteiger partial charge in [0.05, 0.1) is 0 Å². The maximum absolute atomic E-state index is 11.0. The number of esters is 1. The fourth-order valence-electron chi connectivity index (χ4n) is 1.15. The molecule has 1 heterocycles. The molecular weight excluding hydrogens is 142 g/mol. The summed E-state index contributed by atoms with van der Waals surface area (Å²) in [6, 6.07) is -0.122. The monoisotopic (exact) mass is 155 g/mol. The molecule has 0 aromatic carbocycles. The largest absolute Gasteiger partial charge is 0.461 e. The molecule has 0 aromatic rings. The Morgan fingerprint density at radius 3 is 3.09 bits per heavy atom. The molecule has 0 radical (unpaired) electrons. The van der Waals surface area contributed by atoms with Crippen molar-refractivity contribution in [3.05, 3.63) is 12.7 Å². The van der Waals surface area contributed by atoms with Crippen molar-refractivity contribution < 1.29 is 9.53 Å². The van der Waals surface area contributed by atoms with Crippen LogP contribution in [0.1, 0.15) is 13.3 Å². The molecule has 1 saturated heterocycles. The molecule has 0 amide bonds. The second kappa shape index (κ2) is 3.53. The lowest BCUT2D eigenvalue weighted by Gasteiger charge is -2.03. The van der Waals surface area contributed by atoms with Crippen LogP contribution in [0.25, 0.3) is 0 Å². The molecule has 0 spiro atoms. The SMILES string of the molecule is C=CCNC1CC(C)OC1=O. The van der Waals surface area contributed by atoms with Gasteiger partial charge < -0.3 is 10.1 Å². The van der Waals surface area contributed by atoms with Crippen molar-refractivity contribution in [2.24, 2.45) is 0 Å². The third-order valence-corrected chi connectivity index (χ3v) is 1.68. The smallest absolute Gasteiger partial charge is 0.323 e. The molecule has 1 aliphatic rings. The third-order valence-electron chi connectivity index (χ3n) is 1.68. The van der Waals surface area contributed by atoms with Gasteiger partial charge >= 0.3 is 5.97 Å². The van der Waals surface area contributed by atoms with E-state index in [0.29, 0.717) is 6.54 Å². The highest BCUT2D eigenvalue weighted by Crippen LogP contribution is 2.13. The van der Waals surface area contributed by atoms with Crippen LogP contribution < -0.4 is 5.32 Å². The van der Waals surface area contributed by atoms with E-state index < -0.39 is 0 Å². The molecule has 11 heavy (non-hydrogen) atoms. The van der Waals surface area contributed by atoms with E-state index in [4.69, 9.17) is 4.74 Å². The summed E-state index contributed by atoms with van der Waals surface area (Å²) < 4.78 is 4.94. The first-order valence-electron chi connectivity index (χ1n) is 3.79.